The molecule has 4 rings (SSSR count). The highest BCUT2D eigenvalue weighted by Crippen LogP contribution is 2.34. The smallest absolute Gasteiger partial charge is 0.404 e. The molecule has 2 heterocycles. The molecule has 0 spiro atoms. The van der Waals surface area contributed by atoms with Gasteiger partial charge in [0, 0.05) is 44.5 Å². The highest BCUT2D eigenvalue weighted by atomic mass is 19.4. The second-order valence-electron chi connectivity index (χ2n) is 9.90. The van der Waals surface area contributed by atoms with E-state index in [-0.39, 0.29) is 23.1 Å². The Morgan fingerprint density at radius 2 is 2.03 bits per heavy atom. The van der Waals surface area contributed by atoms with Crippen LogP contribution in [0.2, 0.25) is 0 Å². The lowest BCUT2D eigenvalue weighted by Gasteiger charge is -2.41. The SMILES string of the molecule is C[C@@H]1CN(c2ccc(OC(F)(F)F)c(C#N)c2)CCN1C(=O)NCC[C@]1(Cc2ccccc2)CCNC1. The van der Waals surface area contributed by atoms with E-state index in [0.29, 0.717) is 31.9 Å². The zero-order valence-electron chi connectivity index (χ0n) is 20.9. The van der Waals surface area contributed by atoms with Crippen LogP contribution in [0.15, 0.2) is 48.5 Å². The number of alkyl halides is 3. The monoisotopic (exact) mass is 515 g/mol. The highest BCUT2D eigenvalue weighted by molar-refractivity contribution is 5.75. The molecular weight excluding hydrogens is 483 g/mol. The van der Waals surface area contributed by atoms with Crippen LogP contribution in [0.25, 0.3) is 0 Å². The van der Waals surface area contributed by atoms with Crippen LogP contribution in [0.5, 0.6) is 5.75 Å². The van der Waals surface area contributed by atoms with Crippen molar-refractivity contribution in [1.29, 1.82) is 5.26 Å². The van der Waals surface area contributed by atoms with E-state index in [1.54, 1.807) is 11.0 Å². The molecule has 2 aliphatic rings. The van der Waals surface area contributed by atoms with Crippen molar-refractivity contribution in [3.8, 4) is 11.8 Å². The Bertz CT molecular complexity index is 1110. The quantitative estimate of drug-likeness (QED) is 0.575. The van der Waals surface area contributed by atoms with Gasteiger partial charge in [-0.05, 0) is 61.9 Å². The first-order valence-electron chi connectivity index (χ1n) is 12.5. The van der Waals surface area contributed by atoms with Gasteiger partial charge in [-0.25, -0.2) is 4.79 Å². The van der Waals surface area contributed by atoms with Gasteiger partial charge in [-0.15, -0.1) is 13.2 Å². The minimum atomic E-state index is -4.86. The molecule has 2 N–H and O–H groups in total. The van der Waals surface area contributed by atoms with Gasteiger partial charge in [0.2, 0.25) is 0 Å². The third-order valence-corrected chi connectivity index (χ3v) is 7.25. The van der Waals surface area contributed by atoms with Gasteiger partial charge in [0.15, 0.2) is 0 Å². The number of carbonyl (C=O) groups is 1. The van der Waals surface area contributed by atoms with Crippen LogP contribution >= 0.6 is 0 Å². The summed E-state index contributed by atoms with van der Waals surface area (Å²) in [5, 5.41) is 15.9. The molecule has 0 unspecified atom stereocenters. The Morgan fingerprint density at radius 3 is 2.68 bits per heavy atom. The molecule has 2 atom stereocenters. The Morgan fingerprint density at radius 1 is 1.24 bits per heavy atom. The number of carbonyl (C=O) groups excluding carboxylic acids is 1. The second kappa shape index (κ2) is 11.3. The zero-order chi connectivity index (χ0) is 26.5. The Kier molecular flexibility index (Phi) is 8.13. The third kappa shape index (κ3) is 6.86. The molecule has 198 valence electrons. The minimum Gasteiger partial charge on any atom is -0.404 e. The van der Waals surface area contributed by atoms with E-state index >= 15 is 0 Å². The first-order chi connectivity index (χ1) is 17.7. The lowest BCUT2D eigenvalue weighted by Crippen LogP contribution is -2.57. The van der Waals surface area contributed by atoms with Gasteiger partial charge in [-0.2, -0.15) is 5.26 Å². The molecule has 37 heavy (non-hydrogen) atoms. The summed E-state index contributed by atoms with van der Waals surface area (Å²) in [6.07, 6.45) is -1.93. The Labute approximate surface area is 215 Å². The summed E-state index contributed by atoms with van der Waals surface area (Å²) in [6.45, 7) is 5.92. The zero-order valence-corrected chi connectivity index (χ0v) is 20.9. The number of hydrogen-bond acceptors (Lipinski definition) is 5. The van der Waals surface area contributed by atoms with Gasteiger partial charge in [-0.3, -0.25) is 0 Å². The summed E-state index contributed by atoms with van der Waals surface area (Å²) in [5.74, 6) is -0.521. The number of amides is 2. The number of nitriles is 1. The standard InChI is InChI=1S/C27H32F3N5O2/c1-20-18-34(23-7-8-24(22(15-23)17-31)37-27(28,29)30)13-14-35(20)25(36)33-12-10-26(9-11-32-19-26)16-21-5-3-2-4-6-21/h2-8,15,20,32H,9-14,16,18-19H2,1H3,(H,33,36)/t20-,26+/m1/s1. The predicted octanol–water partition coefficient (Wildman–Crippen LogP) is 4.29. The predicted molar refractivity (Wildman–Crippen MR) is 134 cm³/mol. The maximum Gasteiger partial charge on any atom is 0.573 e. The van der Waals surface area contributed by atoms with Crippen molar-refractivity contribution in [2.24, 2.45) is 5.41 Å². The normalized spacial score (nSPS) is 22.0. The van der Waals surface area contributed by atoms with Gasteiger partial charge in [0.1, 0.15) is 11.8 Å². The third-order valence-electron chi connectivity index (χ3n) is 7.25. The molecule has 0 bridgehead atoms. The number of nitrogens with one attached hydrogen (secondary N) is 2. The largest absolute Gasteiger partial charge is 0.573 e. The van der Waals surface area contributed by atoms with Crippen molar-refractivity contribution in [3.05, 3.63) is 59.7 Å². The van der Waals surface area contributed by atoms with E-state index in [1.807, 2.05) is 17.9 Å². The fourth-order valence-corrected chi connectivity index (χ4v) is 5.32. The Balaban J connectivity index is 1.31. The molecule has 0 saturated carbocycles. The van der Waals surface area contributed by atoms with Crippen molar-refractivity contribution in [1.82, 2.24) is 15.5 Å². The number of ether oxygens (including phenoxy) is 1. The van der Waals surface area contributed by atoms with Crippen LogP contribution in [0.4, 0.5) is 23.7 Å². The van der Waals surface area contributed by atoms with Crippen LogP contribution in [-0.4, -0.2) is 62.6 Å². The van der Waals surface area contributed by atoms with Crippen LogP contribution in [0.1, 0.15) is 30.9 Å². The number of urea groups is 1. The topological polar surface area (TPSA) is 80.6 Å². The van der Waals surface area contributed by atoms with Crippen LogP contribution in [0, 0.1) is 16.7 Å². The van der Waals surface area contributed by atoms with Gasteiger partial charge in [-0.1, -0.05) is 30.3 Å². The first kappa shape index (κ1) is 26.6. The van der Waals surface area contributed by atoms with Crippen LogP contribution in [0.3, 0.4) is 0 Å². The summed E-state index contributed by atoms with van der Waals surface area (Å²) in [4.78, 5) is 16.7. The number of halogens is 3. The number of benzene rings is 2. The van der Waals surface area contributed by atoms with Crippen LogP contribution < -0.4 is 20.3 Å². The summed E-state index contributed by atoms with van der Waals surface area (Å²) < 4.78 is 41.7. The molecule has 10 heteroatoms. The molecule has 2 aromatic carbocycles. The average Bonchev–Trinajstić information content (AvgIpc) is 3.32. The highest BCUT2D eigenvalue weighted by Gasteiger charge is 2.35. The Hall–Kier alpha value is -3.45. The number of anilines is 1. The molecule has 2 saturated heterocycles. The lowest BCUT2D eigenvalue weighted by atomic mass is 9.78. The van der Waals surface area contributed by atoms with E-state index < -0.39 is 12.1 Å². The maximum atomic E-state index is 13.0. The number of nitrogens with zero attached hydrogens (tertiary/aromatic N) is 3. The minimum absolute atomic E-state index is 0.111. The summed E-state index contributed by atoms with van der Waals surface area (Å²) >= 11 is 0. The van der Waals surface area contributed by atoms with E-state index in [4.69, 9.17) is 0 Å². The molecular formula is C27H32F3N5O2. The van der Waals surface area contributed by atoms with Crippen LogP contribution in [-0.2, 0) is 6.42 Å². The van der Waals surface area contributed by atoms with Gasteiger partial charge >= 0.3 is 12.4 Å². The second-order valence-corrected chi connectivity index (χ2v) is 9.90. The average molecular weight is 516 g/mol. The summed E-state index contributed by atoms with van der Waals surface area (Å²) in [5.41, 5.74) is 1.86. The molecule has 0 aromatic heterocycles. The lowest BCUT2D eigenvalue weighted by molar-refractivity contribution is -0.274. The number of hydrogen-bond donors (Lipinski definition) is 2. The summed E-state index contributed by atoms with van der Waals surface area (Å²) in [6, 6.07) is 16.0. The van der Waals surface area contributed by atoms with Crippen molar-refractivity contribution >= 4 is 11.7 Å². The van der Waals surface area contributed by atoms with E-state index in [2.05, 4.69) is 39.6 Å². The van der Waals surface area contributed by atoms with E-state index in [9.17, 15) is 23.2 Å². The van der Waals surface area contributed by atoms with Crippen molar-refractivity contribution in [2.45, 2.75) is 38.6 Å². The molecule has 7 nitrogen and oxygen atoms in total. The molecule has 2 amide bonds. The van der Waals surface area contributed by atoms with Crippen molar-refractivity contribution in [3.63, 3.8) is 0 Å². The van der Waals surface area contributed by atoms with Gasteiger partial charge < -0.3 is 25.2 Å². The number of piperazine rings is 1. The molecule has 2 fully saturated rings. The molecule has 2 aromatic rings. The van der Waals surface area contributed by atoms with Crippen molar-refractivity contribution < 1.29 is 22.7 Å². The van der Waals surface area contributed by atoms with E-state index in [1.165, 1.54) is 17.7 Å². The molecule has 0 radical (unpaired) electrons. The first-order valence-corrected chi connectivity index (χ1v) is 12.5. The summed E-state index contributed by atoms with van der Waals surface area (Å²) in [7, 11) is 0. The van der Waals surface area contributed by atoms with Crippen molar-refractivity contribution in [2.75, 3.05) is 44.2 Å². The maximum absolute atomic E-state index is 13.0. The van der Waals surface area contributed by atoms with Gasteiger partial charge in [0.25, 0.3) is 0 Å². The fraction of sp³-hybridized carbons (Fsp3) is 0.481. The molecule has 2 aliphatic heterocycles. The molecule has 0 aliphatic carbocycles. The fourth-order valence-electron chi connectivity index (χ4n) is 5.32. The van der Waals surface area contributed by atoms with E-state index in [0.717, 1.165) is 38.4 Å². The number of rotatable bonds is 7. The van der Waals surface area contributed by atoms with Gasteiger partial charge in [0.05, 0.1) is 5.56 Å².